The number of rotatable bonds is 10. The Labute approximate surface area is 350 Å². The number of alkyl halides is 3. The number of pyridine rings is 1. The van der Waals surface area contributed by atoms with E-state index in [0.29, 0.717) is 75.7 Å². The molecular weight excluding hydrogens is 786 g/mol. The molecule has 3 N–H and O–H groups in total. The standard InChI is InChI=1S/C45H47F3N10O3/c1-26-14-28(16-29(15-26)30-7-9-40(59)53-42(30)60)22-55-13-11-44(45(47,48)25-55)23-56(24-44)21-27-6-8-34(50-19-27)31-4-3-5-37-32(31)10-12-57(37)39-18-36(49-2)41-51-20-38(58(41)54-39)43(61)52-35-17-33(35)46/h3-6,8,14-16,18-20,30,33,35,49H,7,9-13,17,21-25H2,1-2H3,(H,52,61)(H,53,59,60)/t30?,33-,35?/m0/s1. The van der Waals surface area contributed by atoms with Crippen LogP contribution in [0.5, 0.6) is 0 Å². The minimum absolute atomic E-state index is 0.232. The molecule has 16 heteroatoms. The maximum Gasteiger partial charge on any atom is 0.271 e. The number of halogens is 3. The lowest BCUT2D eigenvalue weighted by Gasteiger charge is -2.57. The van der Waals surface area contributed by atoms with Gasteiger partial charge in [0, 0.05) is 76.1 Å². The summed E-state index contributed by atoms with van der Waals surface area (Å²) < 4.78 is 47.0. The summed E-state index contributed by atoms with van der Waals surface area (Å²) in [6.45, 7) is 4.39. The molecule has 1 aliphatic carbocycles. The van der Waals surface area contributed by atoms with Crippen LogP contribution in [0.1, 0.15) is 69.9 Å². The normalized spacial score (nSPS) is 23.2. The molecule has 5 aromatic rings. The van der Waals surface area contributed by atoms with Crippen molar-refractivity contribution in [3.05, 3.63) is 101 Å². The van der Waals surface area contributed by atoms with Gasteiger partial charge >= 0.3 is 0 Å². The van der Waals surface area contributed by atoms with E-state index >= 15 is 8.78 Å². The fourth-order valence-electron chi connectivity index (χ4n) is 9.81. The van der Waals surface area contributed by atoms with E-state index < -0.39 is 35.4 Å². The number of nitrogens with zero attached hydrogens (tertiary/aromatic N) is 7. The number of aryl methyl sites for hydroxylation is 1. The number of aromatic nitrogens is 4. The Morgan fingerprint density at radius 1 is 0.951 bits per heavy atom. The number of carbonyl (C=O) groups excluding carboxylic acids is 3. The Morgan fingerprint density at radius 3 is 2.51 bits per heavy atom. The van der Waals surface area contributed by atoms with Gasteiger partial charge in [0.15, 0.2) is 17.2 Å². The average molecular weight is 833 g/mol. The van der Waals surface area contributed by atoms with Crippen LogP contribution in [0.15, 0.2) is 67.0 Å². The maximum absolute atomic E-state index is 16.0. The van der Waals surface area contributed by atoms with Crippen LogP contribution in [-0.2, 0) is 29.1 Å². The first-order chi connectivity index (χ1) is 29.4. The molecule has 1 saturated carbocycles. The van der Waals surface area contributed by atoms with Crippen molar-refractivity contribution in [3.63, 3.8) is 0 Å². The molecule has 3 amide bonds. The summed E-state index contributed by atoms with van der Waals surface area (Å²) in [5.74, 6) is -3.63. The van der Waals surface area contributed by atoms with Crippen molar-refractivity contribution in [2.24, 2.45) is 5.41 Å². The zero-order chi connectivity index (χ0) is 42.2. The number of likely N-dealkylation sites (tertiary alicyclic amines) is 2. The van der Waals surface area contributed by atoms with Gasteiger partial charge in [0.05, 0.1) is 41.5 Å². The molecule has 4 fully saturated rings. The van der Waals surface area contributed by atoms with Gasteiger partial charge in [-0.25, -0.2) is 22.7 Å². The van der Waals surface area contributed by atoms with Crippen molar-refractivity contribution in [2.75, 3.05) is 50.0 Å². The highest BCUT2D eigenvalue weighted by molar-refractivity contribution is 6.01. The van der Waals surface area contributed by atoms with Gasteiger partial charge in [-0.05, 0) is 67.1 Å². The quantitative estimate of drug-likeness (QED) is 0.154. The molecule has 1 spiro atoms. The molecule has 13 nitrogen and oxygen atoms in total. The van der Waals surface area contributed by atoms with Crippen molar-refractivity contribution >= 4 is 40.6 Å². The van der Waals surface area contributed by atoms with Gasteiger partial charge in [-0.1, -0.05) is 42.0 Å². The molecule has 3 aromatic heterocycles. The Morgan fingerprint density at radius 2 is 1.77 bits per heavy atom. The number of fused-ring (bicyclic) bond motifs is 2. The summed E-state index contributed by atoms with van der Waals surface area (Å²) in [7, 11) is 1.79. The maximum atomic E-state index is 16.0. The van der Waals surface area contributed by atoms with Crippen molar-refractivity contribution in [2.45, 2.75) is 76.2 Å². The number of anilines is 3. The lowest BCUT2D eigenvalue weighted by molar-refractivity contribution is -0.227. The third-order valence-corrected chi connectivity index (χ3v) is 13.2. The SMILES string of the molecule is CNc1cc(N2CCc3c(-c4ccc(CN5CC6(CCN(Cc7cc(C)cc(C8CCC(=O)NC8=O)c7)CC6(F)F)C5)cn4)cccc32)nn2c(C(=O)NC3C[C@@H]3F)cnc12. The molecule has 0 bridgehead atoms. The highest BCUT2D eigenvalue weighted by atomic mass is 19.3. The summed E-state index contributed by atoms with van der Waals surface area (Å²) in [5.41, 5.74) is 7.92. The van der Waals surface area contributed by atoms with Crippen LogP contribution in [0.25, 0.3) is 16.9 Å². The first-order valence-corrected chi connectivity index (χ1v) is 21.0. The Kier molecular flexibility index (Phi) is 9.62. The number of benzene rings is 2. The van der Waals surface area contributed by atoms with Crippen molar-refractivity contribution < 1.29 is 27.6 Å². The molecule has 10 rings (SSSR count). The van der Waals surface area contributed by atoms with E-state index in [9.17, 15) is 18.8 Å². The second-order valence-corrected chi connectivity index (χ2v) is 17.5. The molecule has 2 unspecified atom stereocenters. The van der Waals surface area contributed by atoms with Crippen LogP contribution in [0.2, 0.25) is 0 Å². The first-order valence-electron chi connectivity index (χ1n) is 21.0. The number of hydrogen-bond acceptors (Lipinski definition) is 10. The number of imidazole rings is 1. The molecular formula is C45H47F3N10O3. The number of carbonyl (C=O) groups is 3. The van der Waals surface area contributed by atoms with Crippen LogP contribution in [0, 0.1) is 12.3 Å². The minimum atomic E-state index is -2.86. The number of piperidine rings is 2. The van der Waals surface area contributed by atoms with E-state index in [0.717, 1.165) is 51.2 Å². The van der Waals surface area contributed by atoms with Gasteiger partial charge in [-0.2, -0.15) is 0 Å². The molecule has 2 aromatic carbocycles. The van der Waals surface area contributed by atoms with Crippen molar-refractivity contribution in [3.8, 4) is 11.3 Å². The molecule has 0 radical (unpaired) electrons. The summed E-state index contributed by atoms with van der Waals surface area (Å²) >= 11 is 0. The van der Waals surface area contributed by atoms with Crippen LogP contribution in [0.4, 0.5) is 30.4 Å². The lowest BCUT2D eigenvalue weighted by Crippen LogP contribution is -2.69. The van der Waals surface area contributed by atoms with Gasteiger partial charge in [-0.15, -0.1) is 5.10 Å². The van der Waals surface area contributed by atoms with E-state index in [2.05, 4.69) is 36.8 Å². The van der Waals surface area contributed by atoms with E-state index in [1.54, 1.807) is 7.05 Å². The van der Waals surface area contributed by atoms with Gasteiger partial charge in [0.1, 0.15) is 6.17 Å². The number of hydrogen-bond donors (Lipinski definition) is 3. The highest BCUT2D eigenvalue weighted by Gasteiger charge is 2.62. The number of imide groups is 1. The lowest BCUT2D eigenvalue weighted by atomic mass is 9.69. The summed E-state index contributed by atoms with van der Waals surface area (Å²) in [6, 6.07) is 17.4. The molecule has 3 saturated heterocycles. The van der Waals surface area contributed by atoms with E-state index in [4.69, 9.17) is 10.1 Å². The molecule has 5 aliphatic rings. The van der Waals surface area contributed by atoms with Gasteiger partial charge in [0.25, 0.3) is 11.8 Å². The molecule has 4 aliphatic heterocycles. The van der Waals surface area contributed by atoms with Crippen LogP contribution in [0.3, 0.4) is 0 Å². The Balaban J connectivity index is 0.782. The topological polar surface area (TPSA) is 140 Å². The zero-order valence-corrected chi connectivity index (χ0v) is 34.1. The largest absolute Gasteiger partial charge is 0.385 e. The molecule has 7 heterocycles. The predicted octanol–water partition coefficient (Wildman–Crippen LogP) is 5.54. The Bertz CT molecular complexity index is 2570. The Hall–Kier alpha value is -5.87. The highest BCUT2D eigenvalue weighted by Crippen LogP contribution is 2.51. The third-order valence-electron chi connectivity index (χ3n) is 13.2. The van der Waals surface area contributed by atoms with Gasteiger partial charge in [0.2, 0.25) is 11.8 Å². The second-order valence-electron chi connectivity index (χ2n) is 17.5. The van der Waals surface area contributed by atoms with Crippen LogP contribution < -0.4 is 20.9 Å². The van der Waals surface area contributed by atoms with E-state index in [1.165, 1.54) is 10.7 Å². The summed E-state index contributed by atoms with van der Waals surface area (Å²) in [4.78, 5) is 52.5. The molecule has 316 valence electrons. The van der Waals surface area contributed by atoms with Crippen LogP contribution in [-0.4, -0.2) is 105 Å². The number of nitrogens with one attached hydrogen (secondary N) is 3. The van der Waals surface area contributed by atoms with E-state index in [1.807, 2.05) is 66.6 Å². The van der Waals surface area contributed by atoms with Gasteiger partial charge < -0.3 is 15.5 Å². The van der Waals surface area contributed by atoms with Crippen molar-refractivity contribution in [1.82, 2.24) is 40.0 Å². The number of amides is 3. The fourth-order valence-corrected chi connectivity index (χ4v) is 9.81. The van der Waals surface area contributed by atoms with E-state index in [-0.39, 0.29) is 30.5 Å². The third kappa shape index (κ3) is 7.18. The monoisotopic (exact) mass is 832 g/mol. The van der Waals surface area contributed by atoms with Gasteiger partial charge in [-0.3, -0.25) is 34.5 Å². The second kappa shape index (κ2) is 14.9. The minimum Gasteiger partial charge on any atom is -0.385 e. The predicted molar refractivity (Wildman–Crippen MR) is 223 cm³/mol. The van der Waals surface area contributed by atoms with Crippen molar-refractivity contribution in [1.29, 1.82) is 0 Å². The molecule has 3 atom stereocenters. The average Bonchev–Trinajstić information content (AvgIpc) is 3.53. The summed E-state index contributed by atoms with van der Waals surface area (Å²) in [5, 5.41) is 13.1. The molecule has 61 heavy (non-hydrogen) atoms. The smallest absolute Gasteiger partial charge is 0.271 e. The van der Waals surface area contributed by atoms with Crippen LogP contribution >= 0.6 is 0 Å². The fraction of sp³-hybridized carbons (Fsp3) is 0.422. The first kappa shape index (κ1) is 39.3. The summed E-state index contributed by atoms with van der Waals surface area (Å²) in [6.07, 6.45) is 4.46. The zero-order valence-electron chi connectivity index (χ0n) is 34.1.